The first-order valence-corrected chi connectivity index (χ1v) is 6.65. The lowest BCUT2D eigenvalue weighted by atomic mass is 10.1. The van der Waals surface area contributed by atoms with E-state index in [1.54, 1.807) is 12.1 Å². The zero-order valence-electron chi connectivity index (χ0n) is 10.9. The van der Waals surface area contributed by atoms with E-state index < -0.39 is 5.82 Å². The van der Waals surface area contributed by atoms with E-state index in [4.69, 9.17) is 22.2 Å². The standard InChI is InChI=1S/C15H16ClFN2O/c16-14-8-4-5-11(15(14)17)9-12(19-18)10-20-13-6-2-1-3-7-13/h1-8,12,19H,9-10,18H2. The Morgan fingerprint density at radius 1 is 1.15 bits per heavy atom. The predicted octanol–water partition coefficient (Wildman–Crippen LogP) is 2.93. The number of halogens is 2. The Kier molecular flexibility index (Phi) is 5.35. The number of rotatable bonds is 6. The Bertz CT molecular complexity index is 551. The third-order valence-corrected chi connectivity index (χ3v) is 3.22. The third-order valence-electron chi connectivity index (χ3n) is 2.93. The minimum absolute atomic E-state index is 0.113. The molecule has 3 nitrogen and oxygen atoms in total. The first-order chi connectivity index (χ1) is 9.70. The molecule has 0 saturated heterocycles. The van der Waals surface area contributed by atoms with Crippen LogP contribution in [0.25, 0.3) is 0 Å². The van der Waals surface area contributed by atoms with E-state index in [0.717, 1.165) is 5.75 Å². The highest BCUT2D eigenvalue weighted by atomic mass is 35.5. The molecule has 0 amide bonds. The van der Waals surface area contributed by atoms with Gasteiger partial charge in [-0.05, 0) is 30.2 Å². The van der Waals surface area contributed by atoms with Gasteiger partial charge >= 0.3 is 0 Å². The smallest absolute Gasteiger partial charge is 0.145 e. The van der Waals surface area contributed by atoms with Crippen LogP contribution in [0, 0.1) is 5.82 Å². The van der Waals surface area contributed by atoms with Gasteiger partial charge in [0.1, 0.15) is 18.2 Å². The number of hydrazine groups is 1. The van der Waals surface area contributed by atoms with Crippen molar-refractivity contribution in [1.82, 2.24) is 5.43 Å². The van der Waals surface area contributed by atoms with Crippen LogP contribution in [0.3, 0.4) is 0 Å². The molecule has 2 aromatic rings. The summed E-state index contributed by atoms with van der Waals surface area (Å²) < 4.78 is 19.4. The highest BCUT2D eigenvalue weighted by molar-refractivity contribution is 6.30. The zero-order valence-corrected chi connectivity index (χ0v) is 11.6. The molecule has 5 heteroatoms. The van der Waals surface area contributed by atoms with Crippen molar-refractivity contribution in [2.75, 3.05) is 6.61 Å². The van der Waals surface area contributed by atoms with Crippen LogP contribution in [0.2, 0.25) is 5.02 Å². The van der Waals surface area contributed by atoms with Gasteiger partial charge in [-0.15, -0.1) is 0 Å². The molecule has 0 aliphatic rings. The third kappa shape index (κ3) is 3.93. The van der Waals surface area contributed by atoms with Crippen molar-refractivity contribution in [2.24, 2.45) is 5.84 Å². The molecule has 3 N–H and O–H groups in total. The Hall–Kier alpha value is -1.62. The molecule has 0 radical (unpaired) electrons. The van der Waals surface area contributed by atoms with Crippen LogP contribution >= 0.6 is 11.6 Å². The van der Waals surface area contributed by atoms with E-state index in [1.807, 2.05) is 30.3 Å². The molecule has 0 aromatic heterocycles. The normalized spacial score (nSPS) is 12.2. The average Bonchev–Trinajstić information content (AvgIpc) is 2.49. The second kappa shape index (κ2) is 7.24. The summed E-state index contributed by atoms with van der Waals surface area (Å²) in [5, 5.41) is 0.113. The molecule has 1 unspecified atom stereocenters. The van der Waals surface area contributed by atoms with Gasteiger partial charge in [0.2, 0.25) is 0 Å². The van der Waals surface area contributed by atoms with E-state index in [9.17, 15) is 4.39 Å². The molecule has 0 aliphatic carbocycles. The number of nitrogens with one attached hydrogen (secondary N) is 1. The first kappa shape index (κ1) is 14.8. The van der Waals surface area contributed by atoms with Gasteiger partial charge in [0.15, 0.2) is 0 Å². The van der Waals surface area contributed by atoms with E-state index in [0.29, 0.717) is 18.6 Å². The highest BCUT2D eigenvalue weighted by Crippen LogP contribution is 2.19. The number of benzene rings is 2. The molecule has 1 atom stereocenters. The Balaban J connectivity index is 1.97. The number of hydrogen-bond acceptors (Lipinski definition) is 3. The van der Waals surface area contributed by atoms with E-state index in [-0.39, 0.29) is 11.1 Å². The molecule has 0 saturated carbocycles. The minimum Gasteiger partial charge on any atom is -0.492 e. The molecule has 106 valence electrons. The minimum atomic E-state index is -0.408. The van der Waals surface area contributed by atoms with Gasteiger partial charge < -0.3 is 4.74 Å². The van der Waals surface area contributed by atoms with Gasteiger partial charge in [-0.25, -0.2) is 4.39 Å². The fraction of sp³-hybridized carbons (Fsp3) is 0.200. The molecule has 0 fully saturated rings. The highest BCUT2D eigenvalue weighted by Gasteiger charge is 2.13. The largest absolute Gasteiger partial charge is 0.492 e. The van der Waals surface area contributed by atoms with Crippen LogP contribution in [0.15, 0.2) is 48.5 Å². The van der Waals surface area contributed by atoms with E-state index in [2.05, 4.69) is 5.43 Å². The number of nitrogens with two attached hydrogens (primary N) is 1. The maximum absolute atomic E-state index is 13.8. The predicted molar refractivity (Wildman–Crippen MR) is 78.2 cm³/mol. The zero-order chi connectivity index (χ0) is 14.4. The molecular weight excluding hydrogens is 279 g/mol. The quantitative estimate of drug-likeness (QED) is 0.636. The maximum Gasteiger partial charge on any atom is 0.145 e. The second-order valence-corrected chi connectivity index (χ2v) is 4.81. The van der Waals surface area contributed by atoms with Crippen molar-refractivity contribution in [3.05, 3.63) is 64.9 Å². The fourth-order valence-corrected chi connectivity index (χ4v) is 2.05. The van der Waals surface area contributed by atoms with Gasteiger partial charge in [0.05, 0.1) is 11.1 Å². The van der Waals surface area contributed by atoms with Crippen LogP contribution in [0.5, 0.6) is 5.75 Å². The molecule has 20 heavy (non-hydrogen) atoms. The summed E-state index contributed by atoms with van der Waals surface area (Å²) in [5.74, 6) is 5.83. The van der Waals surface area contributed by atoms with Crippen LogP contribution < -0.4 is 16.0 Å². The molecular formula is C15H16ClFN2O. The lowest BCUT2D eigenvalue weighted by Crippen LogP contribution is -2.41. The SMILES string of the molecule is NNC(COc1ccccc1)Cc1cccc(Cl)c1F. The second-order valence-electron chi connectivity index (χ2n) is 4.40. The monoisotopic (exact) mass is 294 g/mol. The van der Waals surface area contributed by atoms with Crippen molar-refractivity contribution in [3.8, 4) is 5.75 Å². The molecule has 0 aliphatic heterocycles. The van der Waals surface area contributed by atoms with E-state index in [1.165, 1.54) is 6.07 Å². The molecule has 0 spiro atoms. The van der Waals surface area contributed by atoms with Crippen LogP contribution in [0.1, 0.15) is 5.56 Å². The van der Waals surface area contributed by atoms with Crippen molar-refractivity contribution in [3.63, 3.8) is 0 Å². The maximum atomic E-state index is 13.8. The van der Waals surface area contributed by atoms with E-state index >= 15 is 0 Å². The Morgan fingerprint density at radius 3 is 2.60 bits per heavy atom. The van der Waals surface area contributed by atoms with Gasteiger partial charge in [0.25, 0.3) is 0 Å². The van der Waals surface area contributed by atoms with Gasteiger partial charge in [0, 0.05) is 0 Å². The van der Waals surface area contributed by atoms with Crippen molar-refractivity contribution in [1.29, 1.82) is 0 Å². The lowest BCUT2D eigenvalue weighted by Gasteiger charge is -2.17. The summed E-state index contributed by atoms with van der Waals surface area (Å²) in [6.45, 7) is 0.340. The number of ether oxygens (including phenoxy) is 1. The van der Waals surface area contributed by atoms with Gasteiger partial charge in [-0.2, -0.15) is 0 Å². The Morgan fingerprint density at radius 2 is 1.90 bits per heavy atom. The van der Waals surface area contributed by atoms with Crippen LogP contribution in [0.4, 0.5) is 4.39 Å². The molecule has 2 aromatic carbocycles. The summed E-state index contributed by atoms with van der Waals surface area (Å²) in [6, 6.07) is 14.1. The average molecular weight is 295 g/mol. The number of para-hydroxylation sites is 1. The van der Waals surface area contributed by atoms with Crippen LogP contribution in [-0.4, -0.2) is 12.6 Å². The topological polar surface area (TPSA) is 47.3 Å². The fourth-order valence-electron chi connectivity index (χ4n) is 1.85. The summed E-state index contributed by atoms with van der Waals surface area (Å²) >= 11 is 5.76. The van der Waals surface area contributed by atoms with Crippen LogP contribution in [-0.2, 0) is 6.42 Å². The first-order valence-electron chi connectivity index (χ1n) is 6.27. The van der Waals surface area contributed by atoms with Crippen molar-refractivity contribution >= 4 is 11.6 Å². The summed E-state index contributed by atoms with van der Waals surface area (Å²) in [6.07, 6.45) is 0.399. The van der Waals surface area contributed by atoms with Gasteiger partial charge in [-0.1, -0.05) is 41.9 Å². The van der Waals surface area contributed by atoms with Crippen molar-refractivity contribution < 1.29 is 9.13 Å². The molecule has 2 rings (SSSR count). The Labute approximate surface area is 122 Å². The summed E-state index contributed by atoms with van der Waals surface area (Å²) in [4.78, 5) is 0. The summed E-state index contributed by atoms with van der Waals surface area (Å²) in [7, 11) is 0. The lowest BCUT2D eigenvalue weighted by molar-refractivity contribution is 0.263. The molecule has 0 heterocycles. The summed E-state index contributed by atoms with van der Waals surface area (Å²) in [5.41, 5.74) is 3.14. The molecule has 0 bridgehead atoms. The van der Waals surface area contributed by atoms with Crippen molar-refractivity contribution in [2.45, 2.75) is 12.5 Å². The van der Waals surface area contributed by atoms with Gasteiger partial charge in [-0.3, -0.25) is 11.3 Å². The number of hydrogen-bond donors (Lipinski definition) is 2.